The maximum absolute atomic E-state index is 10.2. The topological polar surface area (TPSA) is 38.7 Å². The van der Waals surface area contributed by atoms with Crippen LogP contribution < -0.4 is 4.74 Å². The third kappa shape index (κ3) is 2.85. The molecule has 0 saturated carbocycles. The Morgan fingerprint density at radius 3 is 2.83 bits per heavy atom. The Bertz CT molecular complexity index is 426. The number of methoxy groups -OCH3 is 1. The van der Waals surface area contributed by atoms with Crippen LogP contribution in [-0.2, 0) is 4.74 Å². The second-order valence-corrected chi connectivity index (χ2v) is 5.70. The molecule has 0 saturated heterocycles. The first-order valence-corrected chi connectivity index (χ1v) is 6.42. The van der Waals surface area contributed by atoms with Crippen molar-refractivity contribution in [2.45, 2.75) is 51.4 Å². The van der Waals surface area contributed by atoms with Crippen LogP contribution >= 0.6 is 0 Å². The van der Waals surface area contributed by atoms with Gasteiger partial charge in [0.15, 0.2) is 0 Å². The lowest BCUT2D eigenvalue weighted by molar-refractivity contribution is -0.0311. The standard InChI is InChI=1S/C15H22O3/c1-10-5-6-14-12(7-10)13(16)8-11(18-14)9-15(2,3)17-4/h5-7,11,13,16H,8-9H2,1-4H3/t11?,13-/m1/s1. The lowest BCUT2D eigenvalue weighted by atomic mass is 9.91. The summed E-state index contributed by atoms with van der Waals surface area (Å²) in [6.07, 6.45) is 0.966. The minimum Gasteiger partial charge on any atom is -0.490 e. The molecule has 2 rings (SSSR count). The zero-order valence-electron chi connectivity index (χ0n) is 11.6. The molecular formula is C15H22O3. The van der Waals surface area contributed by atoms with Crippen LogP contribution in [0, 0.1) is 6.92 Å². The molecule has 0 spiro atoms. The van der Waals surface area contributed by atoms with Gasteiger partial charge in [-0.3, -0.25) is 0 Å². The van der Waals surface area contributed by atoms with E-state index in [1.165, 1.54) is 0 Å². The fourth-order valence-corrected chi connectivity index (χ4v) is 2.40. The van der Waals surface area contributed by atoms with E-state index in [4.69, 9.17) is 9.47 Å². The molecule has 3 heteroatoms. The summed E-state index contributed by atoms with van der Waals surface area (Å²) in [6.45, 7) is 6.09. The molecule has 0 aromatic heterocycles. The number of aliphatic hydroxyl groups is 1. The molecule has 0 fully saturated rings. The zero-order chi connectivity index (χ0) is 13.3. The predicted molar refractivity (Wildman–Crippen MR) is 70.9 cm³/mol. The van der Waals surface area contributed by atoms with Gasteiger partial charge in [-0.05, 0) is 32.9 Å². The summed E-state index contributed by atoms with van der Waals surface area (Å²) >= 11 is 0. The molecule has 100 valence electrons. The van der Waals surface area contributed by atoms with Crippen molar-refractivity contribution in [3.05, 3.63) is 29.3 Å². The van der Waals surface area contributed by atoms with Gasteiger partial charge >= 0.3 is 0 Å². The van der Waals surface area contributed by atoms with Gasteiger partial charge in [-0.2, -0.15) is 0 Å². The minimum absolute atomic E-state index is 0.00477. The third-order valence-electron chi connectivity index (χ3n) is 3.58. The second-order valence-electron chi connectivity index (χ2n) is 5.70. The Hall–Kier alpha value is -1.06. The fraction of sp³-hybridized carbons (Fsp3) is 0.600. The summed E-state index contributed by atoms with van der Waals surface area (Å²) in [7, 11) is 1.70. The summed E-state index contributed by atoms with van der Waals surface area (Å²) in [5, 5.41) is 10.2. The van der Waals surface area contributed by atoms with Crippen LogP contribution in [0.15, 0.2) is 18.2 Å². The van der Waals surface area contributed by atoms with E-state index in [0.717, 1.165) is 23.3 Å². The Kier molecular flexibility index (Phi) is 3.64. The van der Waals surface area contributed by atoms with Gasteiger partial charge in [-0.25, -0.2) is 0 Å². The van der Waals surface area contributed by atoms with E-state index in [1.54, 1.807) is 7.11 Å². The van der Waals surface area contributed by atoms with Gasteiger partial charge in [0.2, 0.25) is 0 Å². The molecule has 0 amide bonds. The molecule has 1 aromatic rings. The number of aryl methyl sites for hydroxylation is 1. The highest BCUT2D eigenvalue weighted by atomic mass is 16.5. The van der Waals surface area contributed by atoms with Crippen molar-refractivity contribution in [3.63, 3.8) is 0 Å². The van der Waals surface area contributed by atoms with Gasteiger partial charge in [-0.15, -0.1) is 0 Å². The van der Waals surface area contributed by atoms with Crippen LogP contribution in [0.5, 0.6) is 5.75 Å². The number of aliphatic hydroxyl groups excluding tert-OH is 1. The number of rotatable bonds is 3. The fourth-order valence-electron chi connectivity index (χ4n) is 2.40. The Balaban J connectivity index is 2.16. The SMILES string of the molecule is COC(C)(C)CC1C[C@@H](O)c2cc(C)ccc2O1. The molecule has 0 radical (unpaired) electrons. The lowest BCUT2D eigenvalue weighted by Crippen LogP contribution is -2.35. The highest BCUT2D eigenvalue weighted by molar-refractivity contribution is 5.40. The Morgan fingerprint density at radius 2 is 2.17 bits per heavy atom. The van der Waals surface area contributed by atoms with Gasteiger partial charge in [0, 0.05) is 25.5 Å². The number of hydrogen-bond acceptors (Lipinski definition) is 3. The number of benzene rings is 1. The maximum atomic E-state index is 10.2. The zero-order valence-corrected chi connectivity index (χ0v) is 11.6. The van der Waals surface area contributed by atoms with E-state index >= 15 is 0 Å². The van der Waals surface area contributed by atoms with Crippen molar-refractivity contribution in [1.82, 2.24) is 0 Å². The van der Waals surface area contributed by atoms with Crippen molar-refractivity contribution < 1.29 is 14.6 Å². The van der Waals surface area contributed by atoms with E-state index in [9.17, 15) is 5.11 Å². The van der Waals surface area contributed by atoms with Gasteiger partial charge in [-0.1, -0.05) is 11.6 Å². The molecule has 1 N–H and O–H groups in total. The number of fused-ring (bicyclic) bond motifs is 1. The quantitative estimate of drug-likeness (QED) is 0.896. The Labute approximate surface area is 109 Å². The van der Waals surface area contributed by atoms with Crippen molar-refractivity contribution in [1.29, 1.82) is 0 Å². The summed E-state index contributed by atoms with van der Waals surface area (Å²) in [5.74, 6) is 0.802. The normalized spacial score (nSPS) is 23.4. The number of hydrogen-bond donors (Lipinski definition) is 1. The monoisotopic (exact) mass is 250 g/mol. The van der Waals surface area contributed by atoms with Crippen LogP contribution in [0.3, 0.4) is 0 Å². The second kappa shape index (κ2) is 4.90. The average Bonchev–Trinajstić information content (AvgIpc) is 2.30. The molecule has 18 heavy (non-hydrogen) atoms. The molecule has 1 heterocycles. The van der Waals surface area contributed by atoms with Crippen LogP contribution in [0.25, 0.3) is 0 Å². The van der Waals surface area contributed by atoms with Gasteiger partial charge in [0.05, 0.1) is 11.7 Å². The first kappa shape index (κ1) is 13.4. The lowest BCUT2D eigenvalue weighted by Gasteiger charge is -2.34. The van der Waals surface area contributed by atoms with Gasteiger partial charge in [0.25, 0.3) is 0 Å². The first-order chi connectivity index (χ1) is 8.41. The summed E-state index contributed by atoms with van der Waals surface area (Å²) in [5.41, 5.74) is 1.82. The van der Waals surface area contributed by atoms with E-state index in [0.29, 0.717) is 6.42 Å². The van der Waals surface area contributed by atoms with Crippen LogP contribution in [0.1, 0.15) is 43.9 Å². The molecule has 1 aliphatic heterocycles. The summed E-state index contributed by atoms with van der Waals surface area (Å²) in [4.78, 5) is 0. The molecular weight excluding hydrogens is 228 g/mol. The van der Waals surface area contributed by atoms with Crippen molar-refractivity contribution >= 4 is 0 Å². The van der Waals surface area contributed by atoms with Gasteiger partial charge in [0.1, 0.15) is 11.9 Å². The van der Waals surface area contributed by atoms with E-state index in [1.807, 2.05) is 39.0 Å². The minimum atomic E-state index is -0.439. The van der Waals surface area contributed by atoms with E-state index < -0.39 is 6.10 Å². The third-order valence-corrected chi connectivity index (χ3v) is 3.58. The summed E-state index contributed by atoms with van der Waals surface area (Å²) < 4.78 is 11.4. The summed E-state index contributed by atoms with van der Waals surface area (Å²) in [6, 6.07) is 5.95. The first-order valence-electron chi connectivity index (χ1n) is 6.42. The van der Waals surface area contributed by atoms with E-state index in [-0.39, 0.29) is 11.7 Å². The molecule has 2 atom stereocenters. The predicted octanol–water partition coefficient (Wildman–Crippen LogP) is 2.99. The van der Waals surface area contributed by atoms with Crippen LogP contribution in [0.4, 0.5) is 0 Å². The largest absolute Gasteiger partial charge is 0.490 e. The molecule has 0 bridgehead atoms. The van der Waals surface area contributed by atoms with Crippen molar-refractivity contribution in [3.8, 4) is 5.75 Å². The molecule has 0 aliphatic carbocycles. The molecule has 1 unspecified atom stereocenters. The highest BCUT2D eigenvalue weighted by Crippen LogP contribution is 2.37. The average molecular weight is 250 g/mol. The van der Waals surface area contributed by atoms with Gasteiger partial charge < -0.3 is 14.6 Å². The maximum Gasteiger partial charge on any atom is 0.125 e. The molecule has 3 nitrogen and oxygen atoms in total. The Morgan fingerprint density at radius 1 is 1.44 bits per heavy atom. The molecule has 1 aliphatic rings. The van der Waals surface area contributed by atoms with Crippen molar-refractivity contribution in [2.24, 2.45) is 0 Å². The van der Waals surface area contributed by atoms with Crippen LogP contribution in [0.2, 0.25) is 0 Å². The van der Waals surface area contributed by atoms with E-state index in [2.05, 4.69) is 0 Å². The smallest absolute Gasteiger partial charge is 0.125 e. The van der Waals surface area contributed by atoms with Crippen molar-refractivity contribution in [2.75, 3.05) is 7.11 Å². The number of ether oxygens (including phenoxy) is 2. The highest BCUT2D eigenvalue weighted by Gasteiger charge is 2.31. The van der Waals surface area contributed by atoms with Crippen LogP contribution in [-0.4, -0.2) is 23.9 Å². The molecule has 1 aromatic carbocycles.